The van der Waals surface area contributed by atoms with Crippen LogP contribution in [-0.2, 0) is 0 Å². The second-order valence-corrected chi connectivity index (χ2v) is 4.37. The normalized spacial score (nSPS) is 11.0. The Morgan fingerprint density at radius 2 is 2.29 bits per heavy atom. The second-order valence-electron chi connectivity index (χ2n) is 3.27. The third-order valence-corrected chi connectivity index (χ3v) is 2.73. The van der Waals surface area contributed by atoms with Crippen LogP contribution >= 0.6 is 23.6 Å². The number of nitrogens with zero attached hydrogens (tertiary/aromatic N) is 1. The van der Waals surface area contributed by atoms with Gasteiger partial charge in [0, 0.05) is 35.2 Å². The van der Waals surface area contributed by atoms with Crippen LogP contribution in [-0.4, -0.2) is 35.3 Å². The zero-order chi connectivity index (χ0) is 12.7. The monoisotopic (exact) mass is 275 g/mol. The minimum atomic E-state index is 0.0252. The highest BCUT2D eigenvalue weighted by molar-refractivity contribution is 7.93. The average molecular weight is 276 g/mol. The van der Waals surface area contributed by atoms with Crippen LogP contribution < -0.4 is 4.74 Å². The number of aromatic hydroxyl groups is 1. The van der Waals surface area contributed by atoms with Crippen molar-refractivity contribution in [3.63, 3.8) is 0 Å². The van der Waals surface area contributed by atoms with E-state index >= 15 is 0 Å². The fourth-order valence-corrected chi connectivity index (χ4v) is 1.71. The number of ether oxygens (including phenoxy) is 1. The average Bonchev–Trinajstić information content (AvgIpc) is 2.32. The summed E-state index contributed by atoms with van der Waals surface area (Å²) in [4.78, 5) is 4.13. The first-order valence-electron chi connectivity index (χ1n) is 5.01. The third kappa shape index (κ3) is 4.46. The van der Waals surface area contributed by atoms with Gasteiger partial charge in [-0.2, -0.15) is 0 Å². The van der Waals surface area contributed by atoms with E-state index in [1.54, 1.807) is 12.3 Å². The van der Waals surface area contributed by atoms with Crippen molar-refractivity contribution in [3.05, 3.63) is 22.7 Å². The summed E-state index contributed by atoms with van der Waals surface area (Å²) < 4.78 is 13.5. The number of phenols is 1. The summed E-state index contributed by atoms with van der Waals surface area (Å²) in [6.07, 6.45) is 2.32. The maximum absolute atomic E-state index is 9.80. The number of phenolic OH excluding ortho intramolecular Hbond substituents is 1. The Balaban J connectivity index is 2.73. The Hall–Kier alpha value is -0.910. The quantitative estimate of drug-likeness (QED) is 0.476. The molecule has 0 atom stereocenters. The molecule has 0 spiro atoms. The Morgan fingerprint density at radius 3 is 2.94 bits per heavy atom. The molecule has 1 rings (SSSR count). The van der Waals surface area contributed by atoms with Gasteiger partial charge in [0.25, 0.3) is 0 Å². The van der Waals surface area contributed by atoms with E-state index in [9.17, 15) is 5.11 Å². The van der Waals surface area contributed by atoms with Gasteiger partial charge in [-0.05, 0) is 24.5 Å². The molecule has 0 aliphatic heterocycles. The summed E-state index contributed by atoms with van der Waals surface area (Å²) in [6.45, 7) is 0.585. The first kappa shape index (κ1) is 14.2. The zero-order valence-corrected chi connectivity index (χ0v) is 11.0. The predicted molar refractivity (Wildman–Crippen MR) is 71.8 cm³/mol. The standard InChI is InChI=1S/C11H14ClNO3S/c1-16-10-6-9(12)5-8(11(10)14)7-13-3-2-4-17-15/h5-7,14-15H,2-4H2,1H3/b13-7+. The Labute approximate surface area is 109 Å². The summed E-state index contributed by atoms with van der Waals surface area (Å²) in [5.41, 5.74) is 0.519. The van der Waals surface area contributed by atoms with Crippen molar-refractivity contribution in [1.82, 2.24) is 0 Å². The summed E-state index contributed by atoms with van der Waals surface area (Å²) in [5, 5.41) is 10.3. The largest absolute Gasteiger partial charge is 0.504 e. The molecule has 17 heavy (non-hydrogen) atoms. The molecule has 0 saturated carbocycles. The number of hydrogen-bond donors (Lipinski definition) is 2. The minimum absolute atomic E-state index is 0.0252. The van der Waals surface area contributed by atoms with E-state index in [0.29, 0.717) is 28.6 Å². The van der Waals surface area contributed by atoms with Crippen LogP contribution in [0, 0.1) is 0 Å². The second kappa shape index (κ2) is 7.42. The SMILES string of the molecule is COc1cc(Cl)cc(/C=N/CCCSO)c1O. The number of aliphatic imine (C=N–C) groups is 1. The number of benzene rings is 1. The minimum Gasteiger partial charge on any atom is -0.504 e. The Kier molecular flexibility index (Phi) is 6.18. The summed E-state index contributed by atoms with van der Waals surface area (Å²) in [5.74, 6) is 0.990. The van der Waals surface area contributed by atoms with Crippen molar-refractivity contribution < 1.29 is 14.4 Å². The predicted octanol–water partition coefficient (Wildman–Crippen LogP) is 3.07. The van der Waals surface area contributed by atoms with Crippen molar-refractivity contribution in [2.75, 3.05) is 19.4 Å². The van der Waals surface area contributed by atoms with Gasteiger partial charge in [-0.15, -0.1) is 0 Å². The van der Waals surface area contributed by atoms with Crippen LogP contribution in [0.25, 0.3) is 0 Å². The molecule has 1 aromatic carbocycles. The molecule has 0 aliphatic rings. The fraction of sp³-hybridized carbons (Fsp3) is 0.364. The van der Waals surface area contributed by atoms with Crippen molar-refractivity contribution in [2.24, 2.45) is 4.99 Å². The van der Waals surface area contributed by atoms with Gasteiger partial charge in [-0.3, -0.25) is 4.99 Å². The number of hydrogen-bond acceptors (Lipinski definition) is 5. The van der Waals surface area contributed by atoms with Gasteiger partial charge in [0.1, 0.15) is 0 Å². The van der Waals surface area contributed by atoms with E-state index in [0.717, 1.165) is 18.5 Å². The van der Waals surface area contributed by atoms with Crippen LogP contribution in [0.15, 0.2) is 17.1 Å². The van der Waals surface area contributed by atoms with E-state index in [-0.39, 0.29) is 5.75 Å². The molecule has 0 heterocycles. The molecule has 0 unspecified atom stereocenters. The lowest BCUT2D eigenvalue weighted by molar-refractivity contribution is 0.373. The lowest BCUT2D eigenvalue weighted by Crippen LogP contribution is -1.91. The summed E-state index contributed by atoms with van der Waals surface area (Å²) >= 11 is 6.67. The molecule has 1 aromatic rings. The maximum atomic E-state index is 9.80. The van der Waals surface area contributed by atoms with E-state index < -0.39 is 0 Å². The van der Waals surface area contributed by atoms with Crippen molar-refractivity contribution >= 4 is 29.9 Å². The zero-order valence-electron chi connectivity index (χ0n) is 9.39. The van der Waals surface area contributed by atoms with Crippen LogP contribution in [0.2, 0.25) is 5.02 Å². The molecule has 0 bridgehead atoms. The Morgan fingerprint density at radius 1 is 1.53 bits per heavy atom. The van der Waals surface area contributed by atoms with E-state index in [1.165, 1.54) is 13.2 Å². The van der Waals surface area contributed by atoms with Crippen LogP contribution in [0.3, 0.4) is 0 Å². The van der Waals surface area contributed by atoms with Crippen molar-refractivity contribution in [3.8, 4) is 11.5 Å². The van der Waals surface area contributed by atoms with Crippen LogP contribution in [0.5, 0.6) is 11.5 Å². The summed E-state index contributed by atoms with van der Waals surface area (Å²) in [6, 6.07) is 3.15. The molecule has 0 radical (unpaired) electrons. The van der Waals surface area contributed by atoms with Gasteiger partial charge in [-0.25, -0.2) is 0 Å². The molecule has 4 nitrogen and oxygen atoms in total. The molecule has 0 saturated heterocycles. The van der Waals surface area contributed by atoms with Crippen LogP contribution in [0.4, 0.5) is 0 Å². The first-order valence-corrected chi connectivity index (χ1v) is 6.33. The van der Waals surface area contributed by atoms with Gasteiger partial charge in [0.15, 0.2) is 11.5 Å². The van der Waals surface area contributed by atoms with Gasteiger partial charge < -0.3 is 14.4 Å². The lowest BCUT2D eigenvalue weighted by atomic mass is 10.2. The van der Waals surface area contributed by atoms with Gasteiger partial charge in [0.05, 0.1) is 7.11 Å². The molecule has 0 aliphatic carbocycles. The number of rotatable bonds is 6. The van der Waals surface area contributed by atoms with Gasteiger partial charge in [-0.1, -0.05) is 11.6 Å². The highest BCUT2D eigenvalue weighted by Gasteiger charge is 2.07. The topological polar surface area (TPSA) is 62.0 Å². The fourth-order valence-electron chi connectivity index (χ4n) is 1.23. The highest BCUT2D eigenvalue weighted by Crippen LogP contribution is 2.32. The van der Waals surface area contributed by atoms with E-state index in [2.05, 4.69) is 4.99 Å². The smallest absolute Gasteiger partial charge is 0.166 e. The molecule has 0 aromatic heterocycles. The number of halogens is 1. The van der Waals surface area contributed by atoms with Gasteiger partial charge >= 0.3 is 0 Å². The lowest BCUT2D eigenvalue weighted by Gasteiger charge is -2.06. The summed E-state index contributed by atoms with van der Waals surface area (Å²) in [7, 11) is 1.46. The Bertz CT molecular complexity index is 399. The van der Waals surface area contributed by atoms with Gasteiger partial charge in [0.2, 0.25) is 0 Å². The third-order valence-electron chi connectivity index (χ3n) is 2.04. The molecule has 94 valence electrons. The molecular formula is C11H14ClNO3S. The maximum Gasteiger partial charge on any atom is 0.166 e. The number of methoxy groups -OCH3 is 1. The molecule has 6 heteroatoms. The molecule has 2 N–H and O–H groups in total. The van der Waals surface area contributed by atoms with Crippen molar-refractivity contribution in [1.29, 1.82) is 0 Å². The highest BCUT2D eigenvalue weighted by atomic mass is 35.5. The van der Waals surface area contributed by atoms with Crippen molar-refractivity contribution in [2.45, 2.75) is 6.42 Å². The molecule has 0 fully saturated rings. The molecule has 0 amide bonds. The van der Waals surface area contributed by atoms with Crippen LogP contribution in [0.1, 0.15) is 12.0 Å². The van der Waals surface area contributed by atoms with E-state index in [4.69, 9.17) is 20.9 Å². The van der Waals surface area contributed by atoms with E-state index in [1.807, 2.05) is 0 Å². The first-order chi connectivity index (χ1) is 8.19. The molecular weight excluding hydrogens is 262 g/mol.